The summed E-state index contributed by atoms with van der Waals surface area (Å²) in [4.78, 5) is 3.96. The van der Waals surface area contributed by atoms with Crippen molar-refractivity contribution in [2.75, 3.05) is 53.1 Å². The van der Waals surface area contributed by atoms with Crippen LogP contribution in [0.4, 0.5) is 0 Å². The van der Waals surface area contributed by atoms with Crippen LogP contribution in [0.1, 0.15) is 0 Å². The Balaban J connectivity index is 2.30. The smallest absolute Gasteiger partial charge is 0.193 e. The Morgan fingerprint density at radius 2 is 1.90 bits per heavy atom. The zero-order chi connectivity index (χ0) is 14.9. The van der Waals surface area contributed by atoms with E-state index in [-0.39, 0.29) is 16.8 Å². The lowest BCUT2D eigenvalue weighted by Crippen LogP contribution is -2.60. The molecule has 0 saturated carbocycles. The molecule has 7 nitrogen and oxygen atoms in total. The first-order valence-electron chi connectivity index (χ1n) is 6.58. The maximum Gasteiger partial charge on any atom is 0.193 e. The lowest BCUT2D eigenvalue weighted by Gasteiger charge is -2.46. The van der Waals surface area contributed by atoms with Gasteiger partial charge in [0.1, 0.15) is 12.2 Å². The summed E-state index contributed by atoms with van der Waals surface area (Å²) in [5, 5.41) is 13.1. The van der Waals surface area contributed by atoms with Gasteiger partial charge in [0, 0.05) is 32.4 Å². The highest BCUT2D eigenvalue weighted by atomic mass is 32.2. The molecule has 0 amide bonds. The van der Waals surface area contributed by atoms with E-state index in [0.717, 1.165) is 26.2 Å². The van der Waals surface area contributed by atoms with Crippen molar-refractivity contribution >= 4 is 9.84 Å². The van der Waals surface area contributed by atoms with E-state index < -0.39 is 9.84 Å². The molecule has 2 aliphatic heterocycles. The third kappa shape index (κ3) is 2.96. The van der Waals surface area contributed by atoms with Crippen LogP contribution in [0.2, 0.25) is 0 Å². The number of likely N-dealkylation sites (N-methyl/N-ethyl adjacent to an activating group) is 1. The van der Waals surface area contributed by atoms with Crippen molar-refractivity contribution in [3.63, 3.8) is 0 Å². The van der Waals surface area contributed by atoms with Gasteiger partial charge in [0.05, 0.1) is 5.75 Å². The van der Waals surface area contributed by atoms with Crippen LogP contribution < -0.4 is 0 Å². The summed E-state index contributed by atoms with van der Waals surface area (Å²) in [5.74, 6) is -0.0499. The Bertz CT molecular complexity index is 529. The van der Waals surface area contributed by atoms with E-state index in [1.54, 1.807) is 0 Å². The third-order valence-corrected chi connectivity index (χ3v) is 5.37. The minimum atomic E-state index is -3.47. The lowest BCUT2D eigenvalue weighted by atomic mass is 10.3. The van der Waals surface area contributed by atoms with Crippen LogP contribution in [0.5, 0.6) is 0 Å². The van der Waals surface area contributed by atoms with Gasteiger partial charge in [-0.15, -0.1) is 0 Å². The Morgan fingerprint density at radius 1 is 1.30 bits per heavy atom. The van der Waals surface area contributed by atoms with Crippen LogP contribution in [-0.4, -0.2) is 87.5 Å². The van der Waals surface area contributed by atoms with E-state index in [2.05, 4.69) is 17.0 Å². The zero-order valence-electron chi connectivity index (χ0n) is 12.2. The summed E-state index contributed by atoms with van der Waals surface area (Å²) < 4.78 is 24.1. The molecule has 0 spiro atoms. The molecule has 112 valence electrons. The molecule has 1 fully saturated rings. The first-order chi connectivity index (χ1) is 9.35. The topological polar surface area (TPSA) is 70.9 Å². The van der Waals surface area contributed by atoms with Crippen molar-refractivity contribution in [3.05, 3.63) is 11.1 Å². The second-order valence-corrected chi connectivity index (χ2v) is 7.47. The molecule has 20 heavy (non-hydrogen) atoms. The van der Waals surface area contributed by atoms with Crippen LogP contribution in [0.15, 0.2) is 11.1 Å². The summed E-state index contributed by atoms with van der Waals surface area (Å²) in [6.45, 7) is 3.52. The number of nitrogens with zero attached hydrogens (tertiary/aromatic N) is 5. The van der Waals surface area contributed by atoms with Gasteiger partial charge in [-0.05, 0) is 21.1 Å². The Kier molecular flexibility index (Phi) is 4.34. The maximum atomic E-state index is 12.0. The highest BCUT2D eigenvalue weighted by molar-refractivity contribution is 7.95. The summed E-state index contributed by atoms with van der Waals surface area (Å²) in [6.07, 6.45) is 1.22. The number of hydrazine groups is 1. The highest BCUT2D eigenvalue weighted by Crippen LogP contribution is 2.23. The van der Waals surface area contributed by atoms with Gasteiger partial charge in [-0.1, -0.05) is 0 Å². The van der Waals surface area contributed by atoms with Gasteiger partial charge in [0.25, 0.3) is 0 Å². The molecule has 1 saturated heterocycles. The second kappa shape index (κ2) is 5.69. The van der Waals surface area contributed by atoms with E-state index in [9.17, 15) is 8.42 Å². The minimum Gasteiger partial charge on any atom is -0.304 e. The molecule has 2 aliphatic rings. The summed E-state index contributed by atoms with van der Waals surface area (Å²) in [7, 11) is 2.31. The fourth-order valence-corrected chi connectivity index (χ4v) is 3.86. The quantitative estimate of drug-likeness (QED) is 0.656. The monoisotopic (exact) mass is 299 g/mol. The average Bonchev–Trinajstić information content (AvgIpc) is 2.38. The summed E-state index contributed by atoms with van der Waals surface area (Å²) >= 11 is 0. The molecule has 0 aromatic carbocycles. The largest absolute Gasteiger partial charge is 0.304 e. The Hall–Kier alpha value is -1.14. The first-order valence-corrected chi connectivity index (χ1v) is 8.23. The van der Waals surface area contributed by atoms with Crippen LogP contribution >= 0.6 is 0 Å². The number of piperazine rings is 1. The van der Waals surface area contributed by atoms with Crippen LogP contribution in [0.25, 0.3) is 0 Å². The molecule has 1 atom stereocenters. The van der Waals surface area contributed by atoms with Crippen LogP contribution in [-0.2, 0) is 9.84 Å². The van der Waals surface area contributed by atoms with E-state index in [0.29, 0.717) is 0 Å². The zero-order valence-corrected chi connectivity index (χ0v) is 13.0. The van der Waals surface area contributed by atoms with E-state index in [4.69, 9.17) is 5.26 Å². The second-order valence-electron chi connectivity index (χ2n) is 5.47. The van der Waals surface area contributed by atoms with Gasteiger partial charge >= 0.3 is 0 Å². The molecule has 0 radical (unpaired) electrons. The van der Waals surface area contributed by atoms with Crippen molar-refractivity contribution in [3.8, 4) is 6.07 Å². The fourth-order valence-electron chi connectivity index (χ4n) is 2.43. The number of hydrogen-bond donors (Lipinski definition) is 0. The van der Waals surface area contributed by atoms with Crippen molar-refractivity contribution in [2.24, 2.45) is 0 Å². The van der Waals surface area contributed by atoms with E-state index >= 15 is 0 Å². The van der Waals surface area contributed by atoms with Crippen molar-refractivity contribution < 1.29 is 8.42 Å². The molecule has 8 heteroatoms. The number of allylic oxidation sites excluding steroid dienone is 1. The molecule has 0 aliphatic carbocycles. The molecule has 2 heterocycles. The molecule has 0 N–H and O–H groups in total. The summed E-state index contributed by atoms with van der Waals surface area (Å²) in [6, 6.07) is 1.81. The van der Waals surface area contributed by atoms with Gasteiger partial charge in [0.2, 0.25) is 0 Å². The molecular formula is C12H21N5O2S. The van der Waals surface area contributed by atoms with E-state index in [1.807, 2.05) is 30.1 Å². The summed E-state index contributed by atoms with van der Waals surface area (Å²) in [5.41, 5.74) is 0. The maximum absolute atomic E-state index is 12.0. The number of hydrogen-bond acceptors (Lipinski definition) is 7. The van der Waals surface area contributed by atoms with Crippen LogP contribution in [0, 0.1) is 11.3 Å². The van der Waals surface area contributed by atoms with E-state index in [1.165, 1.54) is 6.20 Å². The van der Waals surface area contributed by atoms with Crippen molar-refractivity contribution in [1.29, 1.82) is 5.26 Å². The number of sulfone groups is 1. The molecule has 0 aromatic heterocycles. The average molecular weight is 299 g/mol. The molecule has 1 unspecified atom stereocenters. The standard InChI is InChI=1S/C12H21N5O2S/c1-14(2)12-10-20(18,19)11(8-13)9-17(12)16-6-4-15(3)5-7-16/h9,12H,4-7,10H2,1-3H3. The fraction of sp³-hybridized carbons (Fsp3) is 0.750. The third-order valence-electron chi connectivity index (χ3n) is 3.77. The SMILES string of the molecule is CN1CCN(N2C=C(C#N)S(=O)(=O)CC2N(C)C)CC1. The highest BCUT2D eigenvalue weighted by Gasteiger charge is 2.37. The number of nitriles is 1. The van der Waals surface area contributed by atoms with Crippen molar-refractivity contribution in [2.45, 2.75) is 6.17 Å². The number of rotatable bonds is 2. The molecule has 2 rings (SSSR count). The van der Waals surface area contributed by atoms with Gasteiger partial charge in [-0.25, -0.2) is 13.4 Å². The Morgan fingerprint density at radius 3 is 2.40 bits per heavy atom. The van der Waals surface area contributed by atoms with Gasteiger partial charge < -0.3 is 4.90 Å². The predicted octanol–water partition coefficient (Wildman–Crippen LogP) is -0.868. The van der Waals surface area contributed by atoms with Crippen LogP contribution in [0.3, 0.4) is 0 Å². The first kappa shape index (κ1) is 15.3. The molecular weight excluding hydrogens is 278 g/mol. The van der Waals surface area contributed by atoms with Gasteiger partial charge in [0.15, 0.2) is 14.7 Å². The molecule has 0 bridgehead atoms. The minimum absolute atomic E-state index is 0.0499. The predicted molar refractivity (Wildman–Crippen MR) is 75.9 cm³/mol. The van der Waals surface area contributed by atoms with Gasteiger partial charge in [-0.3, -0.25) is 9.91 Å². The lowest BCUT2D eigenvalue weighted by molar-refractivity contribution is -0.0764. The Labute approximate surface area is 120 Å². The van der Waals surface area contributed by atoms with Crippen molar-refractivity contribution in [1.82, 2.24) is 19.8 Å². The molecule has 0 aromatic rings. The van der Waals surface area contributed by atoms with Gasteiger partial charge in [-0.2, -0.15) is 5.26 Å². The normalized spacial score (nSPS) is 28.2.